The van der Waals surface area contributed by atoms with E-state index in [1.165, 1.54) is 24.3 Å². The van der Waals surface area contributed by atoms with E-state index >= 15 is 0 Å². The molecule has 2 aromatic carbocycles. The molecule has 1 fully saturated rings. The van der Waals surface area contributed by atoms with Crippen molar-refractivity contribution >= 4 is 27.6 Å². The van der Waals surface area contributed by atoms with Crippen molar-refractivity contribution in [2.24, 2.45) is 0 Å². The van der Waals surface area contributed by atoms with Gasteiger partial charge in [0.25, 0.3) is 15.9 Å². The van der Waals surface area contributed by atoms with Crippen LogP contribution >= 0.6 is 0 Å². The Morgan fingerprint density at radius 1 is 1.07 bits per heavy atom. The lowest BCUT2D eigenvalue weighted by molar-refractivity contribution is -0.137. The molecular weight excluding hydrogens is 368 g/mol. The normalized spacial score (nSPS) is 16.9. The molecule has 1 unspecified atom stereocenters. The molecule has 0 aliphatic carbocycles. The zero-order chi connectivity index (χ0) is 19.4. The fraction of sp³-hybridized carbons (Fsp3) is 0.263. The van der Waals surface area contributed by atoms with Gasteiger partial charge < -0.3 is 10.0 Å². The summed E-state index contributed by atoms with van der Waals surface area (Å²) in [6, 6.07) is 13.9. The summed E-state index contributed by atoms with van der Waals surface area (Å²) in [6.45, 7) is 0.506. The van der Waals surface area contributed by atoms with Crippen molar-refractivity contribution in [3.63, 3.8) is 0 Å². The van der Waals surface area contributed by atoms with Gasteiger partial charge in [0.05, 0.1) is 11.3 Å². The SMILES string of the molecule is O=C(O)CC1CCCN1C(=O)c1ccc(S(=O)(=O)Nc2ccccc2)cc1. The summed E-state index contributed by atoms with van der Waals surface area (Å²) in [6.07, 6.45) is 1.34. The van der Waals surface area contributed by atoms with Crippen LogP contribution in [0.4, 0.5) is 5.69 Å². The van der Waals surface area contributed by atoms with Gasteiger partial charge in [0.1, 0.15) is 0 Å². The highest BCUT2D eigenvalue weighted by Gasteiger charge is 2.31. The quantitative estimate of drug-likeness (QED) is 0.791. The number of likely N-dealkylation sites (tertiary alicyclic amines) is 1. The van der Waals surface area contributed by atoms with E-state index in [9.17, 15) is 18.0 Å². The fourth-order valence-corrected chi connectivity index (χ4v) is 4.24. The summed E-state index contributed by atoms with van der Waals surface area (Å²) < 4.78 is 27.4. The van der Waals surface area contributed by atoms with Gasteiger partial charge in [0.15, 0.2) is 0 Å². The van der Waals surface area contributed by atoms with E-state index in [4.69, 9.17) is 5.11 Å². The lowest BCUT2D eigenvalue weighted by atomic mass is 10.1. The van der Waals surface area contributed by atoms with E-state index in [-0.39, 0.29) is 23.3 Å². The van der Waals surface area contributed by atoms with Crippen LogP contribution in [0, 0.1) is 0 Å². The number of carboxylic acids is 1. The Kier molecular flexibility index (Phi) is 5.46. The molecule has 1 aliphatic heterocycles. The Hall–Kier alpha value is -2.87. The number of amides is 1. The maximum absolute atomic E-state index is 12.7. The highest BCUT2D eigenvalue weighted by atomic mass is 32.2. The lowest BCUT2D eigenvalue weighted by Gasteiger charge is -2.23. The number of carbonyl (C=O) groups is 2. The molecule has 1 aliphatic rings. The number of sulfonamides is 1. The topological polar surface area (TPSA) is 104 Å². The predicted octanol–water partition coefficient (Wildman–Crippen LogP) is 2.57. The van der Waals surface area contributed by atoms with Crippen molar-refractivity contribution in [2.45, 2.75) is 30.2 Å². The Labute approximate surface area is 157 Å². The van der Waals surface area contributed by atoms with E-state index in [0.29, 0.717) is 24.2 Å². The first-order valence-electron chi connectivity index (χ1n) is 8.57. The molecule has 142 valence electrons. The highest BCUT2D eigenvalue weighted by molar-refractivity contribution is 7.92. The molecule has 27 heavy (non-hydrogen) atoms. The zero-order valence-corrected chi connectivity index (χ0v) is 15.4. The van der Waals surface area contributed by atoms with Gasteiger partial charge in [-0.05, 0) is 49.2 Å². The molecule has 1 atom stereocenters. The maximum atomic E-state index is 12.7. The van der Waals surface area contributed by atoms with Gasteiger partial charge in [-0.1, -0.05) is 18.2 Å². The predicted molar refractivity (Wildman–Crippen MR) is 100 cm³/mol. The third-order valence-corrected chi connectivity index (χ3v) is 5.88. The molecule has 0 spiro atoms. The molecule has 1 heterocycles. The molecule has 2 aromatic rings. The lowest BCUT2D eigenvalue weighted by Crippen LogP contribution is -2.36. The van der Waals surface area contributed by atoms with Crippen LogP contribution in [-0.2, 0) is 14.8 Å². The van der Waals surface area contributed by atoms with Gasteiger partial charge in [-0.3, -0.25) is 14.3 Å². The number of para-hydroxylation sites is 1. The molecule has 0 saturated carbocycles. The second kappa shape index (κ2) is 7.79. The van der Waals surface area contributed by atoms with Gasteiger partial charge >= 0.3 is 5.97 Å². The van der Waals surface area contributed by atoms with Gasteiger partial charge in [-0.2, -0.15) is 0 Å². The summed E-state index contributed by atoms with van der Waals surface area (Å²) in [5.41, 5.74) is 0.789. The highest BCUT2D eigenvalue weighted by Crippen LogP contribution is 2.23. The van der Waals surface area contributed by atoms with E-state index in [0.717, 1.165) is 6.42 Å². The van der Waals surface area contributed by atoms with Gasteiger partial charge in [-0.25, -0.2) is 8.42 Å². The average Bonchev–Trinajstić information content (AvgIpc) is 3.09. The molecule has 1 saturated heterocycles. The first-order valence-corrected chi connectivity index (χ1v) is 10.1. The molecule has 0 bridgehead atoms. The van der Waals surface area contributed by atoms with E-state index < -0.39 is 16.0 Å². The first-order chi connectivity index (χ1) is 12.9. The zero-order valence-electron chi connectivity index (χ0n) is 14.5. The summed E-state index contributed by atoms with van der Waals surface area (Å²) >= 11 is 0. The van der Waals surface area contributed by atoms with Crippen LogP contribution in [0.2, 0.25) is 0 Å². The van der Waals surface area contributed by atoms with E-state index in [1.54, 1.807) is 35.2 Å². The summed E-state index contributed by atoms with van der Waals surface area (Å²) in [4.78, 5) is 25.2. The number of hydrogen-bond donors (Lipinski definition) is 2. The molecule has 3 rings (SSSR count). The van der Waals surface area contributed by atoms with Crippen LogP contribution in [0.3, 0.4) is 0 Å². The molecule has 0 radical (unpaired) electrons. The molecule has 1 amide bonds. The molecule has 2 N–H and O–H groups in total. The third kappa shape index (κ3) is 4.46. The van der Waals surface area contributed by atoms with Crippen LogP contribution in [0.5, 0.6) is 0 Å². The van der Waals surface area contributed by atoms with Crippen molar-refractivity contribution in [1.29, 1.82) is 0 Å². The summed E-state index contributed by atoms with van der Waals surface area (Å²) in [7, 11) is -3.75. The first kappa shape index (κ1) is 18.9. The number of benzene rings is 2. The molecule has 7 nitrogen and oxygen atoms in total. The van der Waals surface area contributed by atoms with Crippen LogP contribution in [0.15, 0.2) is 59.5 Å². The monoisotopic (exact) mass is 388 g/mol. The average molecular weight is 388 g/mol. The smallest absolute Gasteiger partial charge is 0.305 e. The number of rotatable bonds is 6. The van der Waals surface area contributed by atoms with Crippen LogP contribution in [-0.4, -0.2) is 42.9 Å². The Morgan fingerprint density at radius 2 is 1.74 bits per heavy atom. The van der Waals surface area contributed by atoms with Crippen LogP contribution in [0.25, 0.3) is 0 Å². The standard InChI is InChI=1S/C19H20N2O5S/c22-18(23)13-16-7-4-12-21(16)19(24)14-8-10-17(11-9-14)27(25,26)20-15-5-2-1-3-6-15/h1-3,5-6,8-11,16,20H,4,7,12-13H2,(H,22,23). The third-order valence-electron chi connectivity index (χ3n) is 4.49. The van der Waals surface area contributed by atoms with Crippen molar-refractivity contribution in [3.05, 3.63) is 60.2 Å². The number of nitrogens with one attached hydrogen (secondary N) is 1. The van der Waals surface area contributed by atoms with Crippen molar-refractivity contribution < 1.29 is 23.1 Å². The minimum Gasteiger partial charge on any atom is -0.481 e. The van der Waals surface area contributed by atoms with Crippen LogP contribution in [0.1, 0.15) is 29.6 Å². The van der Waals surface area contributed by atoms with Crippen molar-refractivity contribution in [3.8, 4) is 0 Å². The Bertz CT molecular complexity index is 926. The number of nitrogens with zero attached hydrogens (tertiary/aromatic N) is 1. The van der Waals surface area contributed by atoms with Crippen molar-refractivity contribution in [1.82, 2.24) is 4.90 Å². The second-order valence-corrected chi connectivity index (χ2v) is 8.07. The van der Waals surface area contributed by atoms with Crippen LogP contribution < -0.4 is 4.72 Å². The summed E-state index contributed by atoms with van der Waals surface area (Å²) in [5, 5.41) is 8.98. The number of hydrogen-bond acceptors (Lipinski definition) is 4. The Morgan fingerprint density at radius 3 is 2.37 bits per heavy atom. The number of carbonyl (C=O) groups excluding carboxylic acids is 1. The number of aliphatic carboxylic acids is 1. The Balaban J connectivity index is 1.75. The minimum atomic E-state index is -3.75. The molecule has 8 heteroatoms. The maximum Gasteiger partial charge on any atom is 0.305 e. The van der Waals surface area contributed by atoms with E-state index in [1.807, 2.05) is 0 Å². The van der Waals surface area contributed by atoms with Gasteiger partial charge in [-0.15, -0.1) is 0 Å². The minimum absolute atomic E-state index is 0.0476. The summed E-state index contributed by atoms with van der Waals surface area (Å²) in [5.74, 6) is -1.22. The fourth-order valence-electron chi connectivity index (χ4n) is 3.18. The largest absolute Gasteiger partial charge is 0.481 e. The van der Waals surface area contributed by atoms with Crippen molar-refractivity contribution in [2.75, 3.05) is 11.3 Å². The number of carboxylic acid groups (broad SMARTS) is 1. The molecule has 0 aromatic heterocycles. The van der Waals surface area contributed by atoms with E-state index in [2.05, 4.69) is 4.72 Å². The van der Waals surface area contributed by atoms with Gasteiger partial charge in [0.2, 0.25) is 0 Å². The van der Waals surface area contributed by atoms with Gasteiger partial charge in [0, 0.05) is 23.8 Å². The number of anilines is 1. The second-order valence-electron chi connectivity index (χ2n) is 6.39. The molecular formula is C19H20N2O5S.